The van der Waals surface area contributed by atoms with Crippen LogP contribution in [-0.2, 0) is 39.9 Å². The number of guanidine groups is 1. The van der Waals surface area contributed by atoms with Crippen molar-refractivity contribution >= 4 is 47.6 Å². The first-order chi connectivity index (χ1) is 25.6. The summed E-state index contributed by atoms with van der Waals surface area (Å²) in [5.74, 6) is -7.36. The Morgan fingerprint density at radius 3 is 1.78 bits per heavy atom. The fourth-order valence-corrected chi connectivity index (χ4v) is 5.03. The van der Waals surface area contributed by atoms with Gasteiger partial charge >= 0.3 is 18.0 Å². The summed E-state index contributed by atoms with van der Waals surface area (Å²) in [5, 5.41) is 41.1. The first kappa shape index (κ1) is 47.4. The van der Waals surface area contributed by atoms with Crippen molar-refractivity contribution in [2.45, 2.75) is 115 Å². The lowest BCUT2D eigenvalue weighted by molar-refractivity contribution is -0.143. The maximum Gasteiger partial charge on any atom is 0.408 e. The SMILES string of the molecule is CC(C)[C@H](NC(=O)[C@H](CC(=O)O)NC(=O)[C@H](CCCCN)NC(=O)[C@H](CCCN=C(N)N)NC(=O)OC(C)(C)C)C(=O)N[C@@H](Cc1ccc(O)cc1)C(=O)O. The number of ether oxygens (including phenoxy) is 1. The molecule has 0 fully saturated rings. The smallest absolute Gasteiger partial charge is 0.408 e. The van der Waals surface area contributed by atoms with Crippen molar-refractivity contribution in [3.05, 3.63) is 29.8 Å². The molecule has 5 amide bonds. The number of nitrogens with zero attached hydrogens (tertiary/aromatic N) is 1. The highest BCUT2D eigenvalue weighted by Gasteiger charge is 2.34. The molecule has 14 N–H and O–H groups in total. The third-order valence-corrected chi connectivity index (χ3v) is 7.78. The summed E-state index contributed by atoms with van der Waals surface area (Å²) >= 11 is 0. The van der Waals surface area contributed by atoms with Gasteiger partial charge in [-0.1, -0.05) is 26.0 Å². The van der Waals surface area contributed by atoms with Crippen molar-refractivity contribution in [2.75, 3.05) is 13.1 Å². The van der Waals surface area contributed by atoms with Crippen LogP contribution in [0.1, 0.15) is 78.7 Å². The summed E-state index contributed by atoms with van der Waals surface area (Å²) < 4.78 is 5.28. The third kappa shape index (κ3) is 19.3. The molecular formula is C35H57N9O11. The van der Waals surface area contributed by atoms with Gasteiger partial charge in [-0.2, -0.15) is 0 Å². The monoisotopic (exact) mass is 779 g/mol. The molecule has 0 heterocycles. The first-order valence-electron chi connectivity index (χ1n) is 17.8. The highest BCUT2D eigenvalue weighted by atomic mass is 16.6. The minimum absolute atomic E-state index is 0.0119. The quantitative estimate of drug-likeness (QED) is 0.0367. The Morgan fingerprint density at radius 1 is 0.745 bits per heavy atom. The van der Waals surface area contributed by atoms with Crippen molar-refractivity contribution in [1.29, 1.82) is 0 Å². The number of nitrogens with two attached hydrogens (primary N) is 3. The van der Waals surface area contributed by atoms with Crippen LogP contribution in [-0.4, -0.2) is 112 Å². The van der Waals surface area contributed by atoms with E-state index in [1.54, 1.807) is 34.6 Å². The van der Waals surface area contributed by atoms with E-state index in [0.717, 1.165) is 0 Å². The number of carboxylic acids is 2. The molecule has 0 bridgehead atoms. The van der Waals surface area contributed by atoms with Crippen molar-refractivity contribution in [2.24, 2.45) is 28.1 Å². The second kappa shape index (κ2) is 23.2. The molecule has 55 heavy (non-hydrogen) atoms. The predicted molar refractivity (Wildman–Crippen MR) is 200 cm³/mol. The standard InChI is InChI=1S/C35H57N9O11/c1-19(2)27(31(51)42-25(32(52)53)17-20-11-13-21(45)14-12-20)44-30(50)24(18-26(46)47)41-28(48)22(9-6-7-15-36)40-29(49)23(10-8-16-39-33(37)38)43-34(54)55-35(3,4)5/h11-14,19,22-25,27,45H,6-10,15-18,36H2,1-5H3,(H,40,49)(H,41,48)(H,42,51)(H,43,54)(H,44,50)(H,46,47)(H,52,53)(H4,37,38,39)/t22-,23-,24-,25-,27-/m0/s1. The van der Waals surface area contributed by atoms with Crippen LogP contribution in [0.4, 0.5) is 4.79 Å². The Bertz CT molecular complexity index is 1490. The van der Waals surface area contributed by atoms with Gasteiger partial charge < -0.3 is 63.8 Å². The number of benzene rings is 1. The molecule has 0 spiro atoms. The van der Waals surface area contributed by atoms with E-state index in [2.05, 4.69) is 31.6 Å². The Kier molecular flexibility index (Phi) is 20.0. The van der Waals surface area contributed by atoms with Crippen LogP contribution in [0.5, 0.6) is 5.75 Å². The van der Waals surface area contributed by atoms with Gasteiger partial charge in [0.25, 0.3) is 0 Å². The van der Waals surface area contributed by atoms with Gasteiger partial charge in [0.05, 0.1) is 6.42 Å². The second-order valence-electron chi connectivity index (χ2n) is 14.2. The lowest BCUT2D eigenvalue weighted by atomic mass is 10.0. The maximum absolute atomic E-state index is 13.7. The number of phenolic OH excluding ortho intramolecular Hbond substituents is 1. The molecule has 0 radical (unpaired) electrons. The molecule has 1 aromatic rings. The molecule has 0 aliphatic rings. The number of carbonyl (C=O) groups is 7. The van der Waals surface area contributed by atoms with Gasteiger partial charge in [0.2, 0.25) is 23.6 Å². The molecule has 0 saturated heterocycles. The summed E-state index contributed by atoms with van der Waals surface area (Å²) in [6.45, 7) is 8.40. The molecule has 0 aliphatic carbocycles. The largest absolute Gasteiger partial charge is 0.508 e. The highest BCUT2D eigenvalue weighted by molar-refractivity contribution is 5.97. The molecule has 308 valence electrons. The molecule has 1 aromatic carbocycles. The Balaban J connectivity index is 3.26. The zero-order valence-electron chi connectivity index (χ0n) is 31.9. The molecule has 20 nitrogen and oxygen atoms in total. The molecule has 0 saturated carbocycles. The van der Waals surface area contributed by atoms with Crippen LogP contribution >= 0.6 is 0 Å². The maximum atomic E-state index is 13.7. The van der Waals surface area contributed by atoms with Crippen molar-refractivity contribution in [3.8, 4) is 5.75 Å². The fourth-order valence-electron chi connectivity index (χ4n) is 5.03. The van der Waals surface area contributed by atoms with Gasteiger partial charge in [-0.05, 0) is 83.0 Å². The number of carbonyl (C=O) groups excluding carboxylic acids is 5. The minimum atomic E-state index is -1.74. The average molecular weight is 780 g/mol. The van der Waals surface area contributed by atoms with Crippen LogP contribution in [0.3, 0.4) is 0 Å². The van der Waals surface area contributed by atoms with E-state index in [0.29, 0.717) is 18.4 Å². The van der Waals surface area contributed by atoms with E-state index in [-0.39, 0.29) is 50.5 Å². The number of alkyl carbamates (subject to hydrolysis) is 1. The topological polar surface area (TPSA) is 340 Å². The van der Waals surface area contributed by atoms with E-state index < -0.39 is 89.8 Å². The molecule has 0 aromatic heterocycles. The van der Waals surface area contributed by atoms with E-state index in [1.807, 2.05) is 0 Å². The van der Waals surface area contributed by atoms with E-state index >= 15 is 0 Å². The summed E-state index contributed by atoms with van der Waals surface area (Å²) in [6.07, 6.45) is -0.909. The molecule has 20 heteroatoms. The number of aliphatic carboxylic acids is 2. The minimum Gasteiger partial charge on any atom is -0.508 e. The normalized spacial score (nSPS) is 13.9. The van der Waals surface area contributed by atoms with Crippen molar-refractivity contribution in [3.63, 3.8) is 0 Å². The number of nitrogens with one attached hydrogen (secondary N) is 5. The van der Waals surface area contributed by atoms with Crippen LogP contribution in [0.15, 0.2) is 29.3 Å². The van der Waals surface area contributed by atoms with Crippen molar-refractivity contribution < 1.29 is 53.6 Å². The lowest BCUT2D eigenvalue weighted by Crippen LogP contribution is -2.60. The van der Waals surface area contributed by atoms with Gasteiger partial charge in [-0.25, -0.2) is 9.59 Å². The zero-order valence-corrected chi connectivity index (χ0v) is 31.9. The number of aliphatic imine (C=N–C) groups is 1. The molecule has 1 rings (SSSR count). The van der Waals surface area contributed by atoms with Crippen LogP contribution < -0.4 is 43.8 Å². The van der Waals surface area contributed by atoms with Gasteiger partial charge in [-0.3, -0.25) is 29.0 Å². The van der Waals surface area contributed by atoms with E-state index in [1.165, 1.54) is 24.3 Å². The number of phenols is 1. The predicted octanol–water partition coefficient (Wildman–Crippen LogP) is -0.835. The van der Waals surface area contributed by atoms with Gasteiger partial charge in [0.1, 0.15) is 41.6 Å². The Hall–Kier alpha value is -5.66. The van der Waals surface area contributed by atoms with Crippen LogP contribution in [0.2, 0.25) is 0 Å². The third-order valence-electron chi connectivity index (χ3n) is 7.78. The number of unbranched alkanes of at least 4 members (excludes halogenated alkanes) is 1. The molecule has 0 aliphatic heterocycles. The summed E-state index contributed by atoms with van der Waals surface area (Å²) in [5.41, 5.74) is 16.0. The lowest BCUT2D eigenvalue weighted by Gasteiger charge is -2.28. The Morgan fingerprint density at radius 2 is 1.27 bits per heavy atom. The molecule has 0 unspecified atom stereocenters. The Labute approximate surface area is 319 Å². The number of hydrogen-bond donors (Lipinski definition) is 11. The molecular weight excluding hydrogens is 722 g/mol. The fraction of sp³-hybridized carbons (Fsp3) is 0.600. The van der Waals surface area contributed by atoms with Gasteiger partial charge in [0, 0.05) is 13.0 Å². The summed E-state index contributed by atoms with van der Waals surface area (Å²) in [4.78, 5) is 94.3. The summed E-state index contributed by atoms with van der Waals surface area (Å²) in [7, 11) is 0. The van der Waals surface area contributed by atoms with Gasteiger partial charge in [-0.15, -0.1) is 0 Å². The van der Waals surface area contributed by atoms with E-state index in [9.17, 15) is 48.9 Å². The zero-order chi connectivity index (χ0) is 41.9. The average Bonchev–Trinajstić information content (AvgIpc) is 3.06. The number of hydrogen-bond acceptors (Lipinski definition) is 11. The number of carboxylic acid groups (broad SMARTS) is 2. The van der Waals surface area contributed by atoms with Crippen LogP contribution in [0.25, 0.3) is 0 Å². The molecule has 5 atom stereocenters. The van der Waals surface area contributed by atoms with Gasteiger partial charge in [0.15, 0.2) is 5.96 Å². The summed E-state index contributed by atoms with van der Waals surface area (Å²) in [6, 6.07) is -1.40. The van der Waals surface area contributed by atoms with Crippen LogP contribution in [0, 0.1) is 5.92 Å². The first-order valence-corrected chi connectivity index (χ1v) is 17.8. The highest BCUT2D eigenvalue weighted by Crippen LogP contribution is 2.13. The second-order valence-corrected chi connectivity index (χ2v) is 14.2. The number of aromatic hydroxyl groups is 1. The number of rotatable bonds is 23. The van der Waals surface area contributed by atoms with E-state index in [4.69, 9.17) is 21.9 Å². The van der Waals surface area contributed by atoms with Crippen molar-refractivity contribution in [1.82, 2.24) is 26.6 Å². The number of amides is 5.